The fraction of sp³-hybridized carbons (Fsp3) is 0.286. The van der Waals surface area contributed by atoms with Crippen molar-refractivity contribution in [1.82, 2.24) is 4.98 Å². The molecule has 0 atom stereocenters. The number of hydrogen-bond donors (Lipinski definition) is 0. The summed E-state index contributed by atoms with van der Waals surface area (Å²) in [5.41, 5.74) is 0.447. The lowest BCUT2D eigenvalue weighted by molar-refractivity contribution is -0.276. The first-order chi connectivity index (χ1) is 6.42. The fourth-order valence-electron chi connectivity index (χ4n) is 0.722. The molecular formula is C7H4Cl2F3NO. The summed E-state index contributed by atoms with van der Waals surface area (Å²) in [4.78, 5) is 3.37. The van der Waals surface area contributed by atoms with Gasteiger partial charge in [0.15, 0.2) is 0 Å². The van der Waals surface area contributed by atoms with E-state index in [4.69, 9.17) is 23.2 Å². The molecular weight excluding hydrogens is 242 g/mol. The summed E-state index contributed by atoms with van der Waals surface area (Å²) in [5, 5.41) is -0.0956. The third-order valence-electron chi connectivity index (χ3n) is 1.26. The van der Waals surface area contributed by atoms with Gasteiger partial charge in [-0.1, -0.05) is 11.6 Å². The van der Waals surface area contributed by atoms with Crippen molar-refractivity contribution >= 4 is 23.2 Å². The summed E-state index contributed by atoms with van der Waals surface area (Å²) < 4.78 is 38.7. The first kappa shape index (κ1) is 11.4. The predicted molar refractivity (Wildman–Crippen MR) is 45.5 cm³/mol. The minimum absolute atomic E-state index is 0.0815. The van der Waals surface area contributed by atoms with E-state index in [1.54, 1.807) is 0 Å². The lowest BCUT2D eigenvalue weighted by Gasteiger charge is -2.08. The summed E-state index contributed by atoms with van der Waals surface area (Å²) in [6, 6.07) is 2.38. The van der Waals surface area contributed by atoms with Gasteiger partial charge in [-0.25, -0.2) is 4.98 Å². The maximum absolute atomic E-state index is 11.7. The van der Waals surface area contributed by atoms with E-state index >= 15 is 0 Å². The Bertz CT molecular complexity index is 329. The molecule has 0 bridgehead atoms. The van der Waals surface area contributed by atoms with Crippen molar-refractivity contribution in [2.24, 2.45) is 0 Å². The zero-order valence-electron chi connectivity index (χ0n) is 6.61. The lowest BCUT2D eigenvalue weighted by atomic mass is 10.3. The Morgan fingerprint density at radius 2 is 2.00 bits per heavy atom. The highest BCUT2D eigenvalue weighted by Gasteiger charge is 2.31. The van der Waals surface area contributed by atoms with Crippen molar-refractivity contribution in [3.8, 4) is 5.88 Å². The SMILES string of the molecule is FC(F)(F)Oc1ccc(CCl)c(Cl)n1. The fourth-order valence-corrected chi connectivity index (χ4v) is 1.22. The quantitative estimate of drug-likeness (QED) is 0.589. The van der Waals surface area contributed by atoms with E-state index in [-0.39, 0.29) is 11.0 Å². The van der Waals surface area contributed by atoms with E-state index in [1.165, 1.54) is 6.07 Å². The number of nitrogens with zero attached hydrogens (tertiary/aromatic N) is 1. The molecule has 0 aliphatic rings. The maximum atomic E-state index is 11.7. The van der Waals surface area contributed by atoms with Crippen LogP contribution >= 0.6 is 23.2 Å². The number of ether oxygens (including phenoxy) is 1. The molecule has 0 aliphatic heterocycles. The Labute approximate surface area is 87.6 Å². The average molecular weight is 246 g/mol. The first-order valence-corrected chi connectivity index (χ1v) is 4.31. The molecule has 0 amide bonds. The van der Waals surface area contributed by atoms with Crippen LogP contribution in [0.3, 0.4) is 0 Å². The molecule has 0 fully saturated rings. The van der Waals surface area contributed by atoms with Gasteiger partial charge in [-0.15, -0.1) is 24.8 Å². The van der Waals surface area contributed by atoms with E-state index in [0.29, 0.717) is 5.56 Å². The molecule has 0 saturated carbocycles. The van der Waals surface area contributed by atoms with Crippen molar-refractivity contribution in [1.29, 1.82) is 0 Å². The molecule has 78 valence electrons. The monoisotopic (exact) mass is 245 g/mol. The molecule has 2 nitrogen and oxygen atoms in total. The van der Waals surface area contributed by atoms with Crippen LogP contribution in [-0.4, -0.2) is 11.3 Å². The second-order valence-corrected chi connectivity index (χ2v) is 2.91. The van der Waals surface area contributed by atoms with Gasteiger partial charge in [0.05, 0.1) is 5.88 Å². The smallest absolute Gasteiger partial charge is 0.388 e. The number of hydrogen-bond acceptors (Lipinski definition) is 2. The van der Waals surface area contributed by atoms with Crippen LogP contribution in [0.1, 0.15) is 5.56 Å². The van der Waals surface area contributed by atoms with Gasteiger partial charge in [-0.3, -0.25) is 0 Å². The highest BCUT2D eigenvalue weighted by atomic mass is 35.5. The van der Waals surface area contributed by atoms with Crippen LogP contribution < -0.4 is 4.74 Å². The van der Waals surface area contributed by atoms with E-state index in [1.807, 2.05) is 0 Å². The van der Waals surface area contributed by atoms with Gasteiger partial charge in [0, 0.05) is 11.6 Å². The van der Waals surface area contributed by atoms with Gasteiger partial charge in [-0.2, -0.15) is 0 Å². The number of halogens is 5. The molecule has 0 aliphatic carbocycles. The molecule has 1 aromatic rings. The van der Waals surface area contributed by atoms with Crippen LogP contribution in [0.25, 0.3) is 0 Å². The molecule has 0 spiro atoms. The zero-order chi connectivity index (χ0) is 10.8. The number of alkyl halides is 4. The minimum Gasteiger partial charge on any atom is -0.388 e. The van der Waals surface area contributed by atoms with Gasteiger partial charge in [-0.05, 0) is 6.07 Å². The third kappa shape index (κ3) is 3.23. The van der Waals surface area contributed by atoms with Crippen LogP contribution in [0.5, 0.6) is 5.88 Å². The van der Waals surface area contributed by atoms with E-state index in [2.05, 4.69) is 9.72 Å². The van der Waals surface area contributed by atoms with Crippen molar-refractivity contribution in [3.05, 3.63) is 22.8 Å². The van der Waals surface area contributed by atoms with Crippen molar-refractivity contribution in [2.45, 2.75) is 12.2 Å². The molecule has 0 unspecified atom stereocenters. The third-order valence-corrected chi connectivity index (χ3v) is 1.88. The molecule has 1 aromatic heterocycles. The standard InChI is InChI=1S/C7H4Cl2F3NO/c8-3-4-1-2-5(13-6(4)9)14-7(10,11)12/h1-2H,3H2. The molecule has 14 heavy (non-hydrogen) atoms. The molecule has 7 heteroatoms. The lowest BCUT2D eigenvalue weighted by Crippen LogP contribution is -2.18. The molecule has 0 radical (unpaired) electrons. The molecule has 0 saturated heterocycles. The Hall–Kier alpha value is -0.680. The van der Waals surface area contributed by atoms with Crippen LogP contribution in [0.15, 0.2) is 12.1 Å². The van der Waals surface area contributed by atoms with Gasteiger partial charge < -0.3 is 4.74 Å². The Morgan fingerprint density at radius 3 is 2.43 bits per heavy atom. The van der Waals surface area contributed by atoms with Crippen LogP contribution in [-0.2, 0) is 5.88 Å². The predicted octanol–water partition coefficient (Wildman–Crippen LogP) is 3.37. The number of aromatic nitrogens is 1. The molecule has 1 rings (SSSR count). The van der Waals surface area contributed by atoms with Crippen LogP contribution in [0.2, 0.25) is 5.15 Å². The minimum atomic E-state index is -4.77. The van der Waals surface area contributed by atoms with Crippen molar-refractivity contribution in [3.63, 3.8) is 0 Å². The second-order valence-electron chi connectivity index (χ2n) is 2.28. The van der Waals surface area contributed by atoms with Crippen molar-refractivity contribution < 1.29 is 17.9 Å². The van der Waals surface area contributed by atoms with Crippen LogP contribution in [0, 0.1) is 0 Å². The topological polar surface area (TPSA) is 22.1 Å². The summed E-state index contributed by atoms with van der Waals surface area (Å²) in [7, 11) is 0. The van der Waals surface area contributed by atoms with Crippen LogP contribution in [0.4, 0.5) is 13.2 Å². The molecule has 1 heterocycles. The zero-order valence-corrected chi connectivity index (χ0v) is 8.12. The largest absolute Gasteiger partial charge is 0.574 e. The number of rotatable bonds is 2. The Kier molecular flexibility index (Phi) is 3.44. The highest BCUT2D eigenvalue weighted by molar-refractivity contribution is 6.31. The van der Waals surface area contributed by atoms with Gasteiger partial charge in [0.2, 0.25) is 5.88 Å². The van der Waals surface area contributed by atoms with Gasteiger partial charge in [0.25, 0.3) is 0 Å². The maximum Gasteiger partial charge on any atom is 0.574 e. The van der Waals surface area contributed by atoms with E-state index in [9.17, 15) is 13.2 Å². The Balaban J connectivity index is 2.87. The summed E-state index contributed by atoms with van der Waals surface area (Å²) in [6.07, 6.45) is -4.77. The van der Waals surface area contributed by atoms with E-state index in [0.717, 1.165) is 6.07 Å². The summed E-state index contributed by atoms with van der Waals surface area (Å²) in [5.74, 6) is -0.519. The first-order valence-electron chi connectivity index (χ1n) is 3.39. The summed E-state index contributed by atoms with van der Waals surface area (Å²) in [6.45, 7) is 0. The average Bonchev–Trinajstić information content (AvgIpc) is 2.01. The second kappa shape index (κ2) is 4.23. The van der Waals surface area contributed by atoms with E-state index < -0.39 is 12.2 Å². The normalized spacial score (nSPS) is 11.5. The highest BCUT2D eigenvalue weighted by Crippen LogP contribution is 2.24. The Morgan fingerprint density at radius 1 is 1.36 bits per heavy atom. The molecule has 0 N–H and O–H groups in total. The summed E-state index contributed by atoms with van der Waals surface area (Å²) >= 11 is 10.9. The molecule has 0 aromatic carbocycles. The van der Waals surface area contributed by atoms with Gasteiger partial charge in [0.1, 0.15) is 5.15 Å². The van der Waals surface area contributed by atoms with Crippen molar-refractivity contribution in [2.75, 3.05) is 0 Å². The number of pyridine rings is 1. The van der Waals surface area contributed by atoms with Gasteiger partial charge >= 0.3 is 6.36 Å².